The first-order valence-electron chi connectivity index (χ1n) is 11.3. The van der Waals surface area contributed by atoms with E-state index in [9.17, 15) is 9.59 Å². The molecule has 0 aliphatic carbocycles. The Balaban J connectivity index is 1.79. The maximum absolute atomic E-state index is 13.6. The maximum atomic E-state index is 13.6. The van der Waals surface area contributed by atoms with E-state index in [4.69, 9.17) is 21.1 Å². The quantitative estimate of drug-likeness (QED) is 0.313. The van der Waals surface area contributed by atoms with Gasteiger partial charge in [0, 0.05) is 33.5 Å². The van der Waals surface area contributed by atoms with Crippen molar-refractivity contribution in [2.45, 2.75) is 27.7 Å². The molecule has 4 rings (SSSR count). The monoisotopic (exact) mass is 490 g/mol. The SMILES string of the molecule is CCOc1ccc(-n2c(C)cc(C=C3C(=O)N(c4ccc(Cl)cc4)C(C)=C3C(=O)OC)c2C)cc1. The van der Waals surface area contributed by atoms with Crippen LogP contribution in [0.5, 0.6) is 5.75 Å². The molecule has 1 aromatic heterocycles. The zero-order valence-corrected chi connectivity index (χ0v) is 21.1. The number of allylic oxidation sites excluding steroid dienone is 1. The zero-order chi connectivity index (χ0) is 25.3. The van der Waals surface area contributed by atoms with Gasteiger partial charge >= 0.3 is 5.97 Å². The Bertz CT molecular complexity index is 1350. The van der Waals surface area contributed by atoms with Crippen molar-refractivity contribution < 1.29 is 19.1 Å². The molecule has 3 aromatic rings. The molecule has 0 radical (unpaired) electrons. The van der Waals surface area contributed by atoms with Gasteiger partial charge in [0.25, 0.3) is 5.91 Å². The molecule has 0 saturated carbocycles. The number of benzene rings is 2. The van der Waals surface area contributed by atoms with Crippen molar-refractivity contribution in [1.82, 2.24) is 4.57 Å². The summed E-state index contributed by atoms with van der Waals surface area (Å²) in [6.45, 7) is 8.29. The lowest BCUT2D eigenvalue weighted by molar-refractivity contribution is -0.136. The van der Waals surface area contributed by atoms with E-state index in [1.54, 1.807) is 37.3 Å². The van der Waals surface area contributed by atoms with E-state index in [-0.39, 0.29) is 17.1 Å². The number of amides is 1. The minimum atomic E-state index is -0.557. The number of rotatable bonds is 6. The molecule has 1 aliphatic rings. The van der Waals surface area contributed by atoms with Gasteiger partial charge in [-0.2, -0.15) is 0 Å². The summed E-state index contributed by atoms with van der Waals surface area (Å²) in [6.07, 6.45) is 1.77. The number of hydrogen-bond acceptors (Lipinski definition) is 4. The molecule has 0 bridgehead atoms. The molecular weight excluding hydrogens is 464 g/mol. The number of methoxy groups -OCH3 is 1. The van der Waals surface area contributed by atoms with Crippen molar-refractivity contribution in [2.75, 3.05) is 18.6 Å². The summed E-state index contributed by atoms with van der Waals surface area (Å²) in [5.41, 5.74) is 5.44. The van der Waals surface area contributed by atoms with Gasteiger partial charge < -0.3 is 14.0 Å². The molecule has 0 N–H and O–H groups in total. The third kappa shape index (κ3) is 4.49. The van der Waals surface area contributed by atoms with Gasteiger partial charge in [-0.3, -0.25) is 9.69 Å². The average molecular weight is 491 g/mol. The van der Waals surface area contributed by atoms with E-state index in [1.165, 1.54) is 12.0 Å². The summed E-state index contributed by atoms with van der Waals surface area (Å²) >= 11 is 6.03. The van der Waals surface area contributed by atoms with Crippen LogP contribution in [-0.2, 0) is 14.3 Å². The molecule has 180 valence electrons. The highest BCUT2D eigenvalue weighted by atomic mass is 35.5. The summed E-state index contributed by atoms with van der Waals surface area (Å²) in [6, 6.07) is 16.8. The van der Waals surface area contributed by atoms with Crippen LogP contribution in [0.1, 0.15) is 30.8 Å². The van der Waals surface area contributed by atoms with Gasteiger partial charge in [0.2, 0.25) is 0 Å². The van der Waals surface area contributed by atoms with Gasteiger partial charge in [-0.1, -0.05) is 11.6 Å². The molecule has 0 saturated heterocycles. The highest BCUT2D eigenvalue weighted by molar-refractivity contribution is 6.30. The van der Waals surface area contributed by atoms with Gasteiger partial charge in [-0.05, 0) is 93.9 Å². The smallest absolute Gasteiger partial charge is 0.340 e. The Kier molecular flexibility index (Phi) is 6.85. The maximum Gasteiger partial charge on any atom is 0.340 e. The van der Waals surface area contributed by atoms with E-state index in [0.717, 1.165) is 28.4 Å². The summed E-state index contributed by atoms with van der Waals surface area (Å²) in [7, 11) is 1.31. The van der Waals surface area contributed by atoms with Gasteiger partial charge in [0.1, 0.15) is 5.75 Å². The minimum Gasteiger partial charge on any atom is -0.494 e. The Hall–Kier alpha value is -3.77. The predicted molar refractivity (Wildman–Crippen MR) is 138 cm³/mol. The molecule has 1 amide bonds. The topological polar surface area (TPSA) is 60.8 Å². The largest absolute Gasteiger partial charge is 0.494 e. The van der Waals surface area contributed by atoms with E-state index < -0.39 is 5.97 Å². The lowest BCUT2D eigenvalue weighted by atomic mass is 10.0. The van der Waals surface area contributed by atoms with Crippen LogP contribution in [0.4, 0.5) is 5.69 Å². The van der Waals surface area contributed by atoms with Crippen LogP contribution in [0, 0.1) is 13.8 Å². The number of ether oxygens (including phenoxy) is 2. The van der Waals surface area contributed by atoms with Crippen molar-refractivity contribution in [3.05, 3.63) is 93.4 Å². The molecule has 0 spiro atoms. The number of hydrogen-bond donors (Lipinski definition) is 0. The number of anilines is 1. The first-order chi connectivity index (χ1) is 16.8. The second-order valence-electron chi connectivity index (χ2n) is 8.22. The highest BCUT2D eigenvalue weighted by Crippen LogP contribution is 2.36. The molecule has 1 aliphatic heterocycles. The third-order valence-corrected chi connectivity index (χ3v) is 6.30. The molecular formula is C28H27ClN2O4. The Morgan fingerprint density at radius 2 is 1.63 bits per heavy atom. The first-order valence-corrected chi connectivity index (χ1v) is 11.7. The highest BCUT2D eigenvalue weighted by Gasteiger charge is 2.38. The number of halogens is 1. The van der Waals surface area contributed by atoms with Crippen LogP contribution in [-0.4, -0.2) is 30.2 Å². The number of aromatic nitrogens is 1. The number of carbonyl (C=O) groups excluding carboxylic acids is 2. The van der Waals surface area contributed by atoms with E-state index in [1.807, 2.05) is 51.1 Å². The number of carbonyl (C=O) groups is 2. The van der Waals surface area contributed by atoms with Crippen LogP contribution in [0.3, 0.4) is 0 Å². The minimum absolute atomic E-state index is 0.248. The van der Waals surface area contributed by atoms with E-state index in [0.29, 0.717) is 23.0 Å². The number of esters is 1. The van der Waals surface area contributed by atoms with Crippen molar-refractivity contribution in [3.63, 3.8) is 0 Å². The summed E-state index contributed by atoms with van der Waals surface area (Å²) in [5, 5.41) is 0.563. The lowest BCUT2D eigenvalue weighted by Crippen LogP contribution is -2.24. The van der Waals surface area contributed by atoms with Gasteiger partial charge in [0.05, 0.1) is 24.9 Å². The Morgan fingerprint density at radius 1 is 1.00 bits per heavy atom. The van der Waals surface area contributed by atoms with Crippen molar-refractivity contribution >= 4 is 35.2 Å². The second-order valence-corrected chi connectivity index (χ2v) is 8.65. The van der Waals surface area contributed by atoms with Gasteiger partial charge in [-0.15, -0.1) is 0 Å². The van der Waals surface area contributed by atoms with Crippen LogP contribution >= 0.6 is 11.6 Å². The predicted octanol–water partition coefficient (Wildman–Crippen LogP) is 6.02. The average Bonchev–Trinajstić information content (AvgIpc) is 3.26. The van der Waals surface area contributed by atoms with Crippen LogP contribution in [0.2, 0.25) is 5.02 Å². The molecule has 0 fully saturated rings. The Labute approximate surface area is 210 Å². The molecule has 0 atom stereocenters. The van der Waals surface area contributed by atoms with Crippen LogP contribution in [0.15, 0.2) is 71.4 Å². The summed E-state index contributed by atoms with van der Waals surface area (Å²) in [4.78, 5) is 27.8. The van der Waals surface area contributed by atoms with Gasteiger partial charge in [0.15, 0.2) is 0 Å². The van der Waals surface area contributed by atoms with Crippen LogP contribution < -0.4 is 9.64 Å². The molecule has 35 heavy (non-hydrogen) atoms. The van der Waals surface area contributed by atoms with E-state index in [2.05, 4.69) is 4.57 Å². The normalized spacial score (nSPS) is 14.7. The molecule has 0 unspecified atom stereocenters. The van der Waals surface area contributed by atoms with Crippen molar-refractivity contribution in [1.29, 1.82) is 0 Å². The molecule has 7 heteroatoms. The fourth-order valence-corrected chi connectivity index (χ4v) is 4.55. The number of nitrogens with zero attached hydrogens (tertiary/aromatic N) is 2. The fourth-order valence-electron chi connectivity index (χ4n) is 4.43. The van der Waals surface area contributed by atoms with Gasteiger partial charge in [-0.25, -0.2) is 4.79 Å². The molecule has 2 heterocycles. The fraction of sp³-hybridized carbons (Fsp3) is 0.214. The zero-order valence-electron chi connectivity index (χ0n) is 20.4. The van der Waals surface area contributed by atoms with Crippen molar-refractivity contribution in [3.8, 4) is 11.4 Å². The first kappa shape index (κ1) is 24.4. The molecule has 6 nitrogen and oxygen atoms in total. The second kappa shape index (κ2) is 9.84. The van der Waals surface area contributed by atoms with E-state index >= 15 is 0 Å². The number of aryl methyl sites for hydroxylation is 1. The molecule has 2 aromatic carbocycles. The third-order valence-electron chi connectivity index (χ3n) is 6.05. The Morgan fingerprint density at radius 3 is 2.23 bits per heavy atom. The standard InChI is InChI=1S/C28H27ClN2O4/c1-6-35-24-13-11-22(12-14-24)30-17(2)15-20(18(30)3)16-25-26(28(33)34-5)19(4)31(27(25)32)23-9-7-21(29)8-10-23/h7-16H,6H2,1-5H3. The van der Waals surface area contributed by atoms with Crippen molar-refractivity contribution in [2.24, 2.45) is 0 Å². The summed E-state index contributed by atoms with van der Waals surface area (Å²) < 4.78 is 12.7. The lowest BCUT2D eigenvalue weighted by Gasteiger charge is -2.17. The summed E-state index contributed by atoms with van der Waals surface area (Å²) in [5.74, 6) is -0.0433. The van der Waals surface area contributed by atoms with Crippen LogP contribution in [0.25, 0.3) is 11.8 Å².